The predicted molar refractivity (Wildman–Crippen MR) is 202 cm³/mol. The summed E-state index contributed by atoms with van der Waals surface area (Å²) in [4.78, 5) is 0. The van der Waals surface area contributed by atoms with Gasteiger partial charge >= 0.3 is 8.56 Å². The first-order valence-corrected chi connectivity index (χ1v) is 22.5. The van der Waals surface area contributed by atoms with Gasteiger partial charge in [-0.3, -0.25) is 0 Å². The summed E-state index contributed by atoms with van der Waals surface area (Å²) in [5.41, 5.74) is 3.59. The molecule has 3 rings (SSSR count). The minimum absolute atomic E-state index is 0.184. The minimum atomic E-state index is -2.78. The first-order chi connectivity index (χ1) is 23.0. The lowest BCUT2D eigenvalue weighted by Crippen LogP contribution is -2.57. The van der Waals surface area contributed by atoms with Gasteiger partial charge in [0.1, 0.15) is 12.2 Å². The number of hydrogen-bond donors (Lipinski definition) is 0. The molecule has 0 bridgehead atoms. The Morgan fingerprint density at radius 3 is 1.52 bits per heavy atom. The highest BCUT2D eigenvalue weighted by molar-refractivity contribution is 6.70. The van der Waals surface area contributed by atoms with Gasteiger partial charge in [0.15, 0.2) is 8.32 Å². The van der Waals surface area contributed by atoms with Crippen LogP contribution in [0.4, 0.5) is 0 Å². The number of benzene rings is 3. The SMILES string of the molecule is C=C/C=C/[C@@H](O[Si](OC)(C(C)C)C(C)C)[C@@H](OCc1ccccc1)[C@H](OCc1ccccc1)[C@@H](COCc1ccccc1)O[Si](C)(C)C. The molecule has 0 aliphatic carbocycles. The predicted octanol–water partition coefficient (Wildman–Crippen LogP) is 9.63. The molecule has 0 amide bonds. The van der Waals surface area contributed by atoms with Crippen molar-refractivity contribution in [3.8, 4) is 0 Å². The van der Waals surface area contributed by atoms with Gasteiger partial charge in [-0.15, -0.1) is 0 Å². The highest BCUT2D eigenvalue weighted by Crippen LogP contribution is 2.37. The van der Waals surface area contributed by atoms with E-state index in [0.717, 1.165) is 16.7 Å². The number of rotatable bonds is 22. The molecule has 6 nitrogen and oxygen atoms in total. The van der Waals surface area contributed by atoms with E-state index in [1.165, 1.54) is 0 Å². The summed E-state index contributed by atoms with van der Waals surface area (Å²) >= 11 is 0. The minimum Gasteiger partial charge on any atom is -0.410 e. The summed E-state index contributed by atoms with van der Waals surface area (Å²) in [5.74, 6) is 0. The van der Waals surface area contributed by atoms with Crippen LogP contribution in [-0.2, 0) is 47.3 Å². The Hall–Kier alpha value is -2.67. The van der Waals surface area contributed by atoms with Crippen molar-refractivity contribution < 1.29 is 27.5 Å². The fourth-order valence-corrected chi connectivity index (χ4v) is 10.6. The van der Waals surface area contributed by atoms with Gasteiger partial charge in [-0.05, 0) is 47.4 Å². The summed E-state index contributed by atoms with van der Waals surface area (Å²) < 4.78 is 40.9. The third-order valence-electron chi connectivity index (χ3n) is 8.17. The van der Waals surface area contributed by atoms with Gasteiger partial charge in [0.05, 0.1) is 38.6 Å². The van der Waals surface area contributed by atoms with Crippen LogP contribution in [0.2, 0.25) is 30.7 Å². The summed E-state index contributed by atoms with van der Waals surface area (Å²) in [6, 6.07) is 30.6. The fraction of sp³-hybridized carbons (Fsp3) is 0.450. The van der Waals surface area contributed by atoms with Crippen molar-refractivity contribution in [1.29, 1.82) is 0 Å². The van der Waals surface area contributed by atoms with E-state index in [9.17, 15) is 0 Å². The molecule has 0 aliphatic rings. The van der Waals surface area contributed by atoms with Crippen LogP contribution in [0.25, 0.3) is 0 Å². The van der Waals surface area contributed by atoms with Gasteiger partial charge < -0.3 is 27.5 Å². The van der Waals surface area contributed by atoms with Gasteiger partial charge in [0.2, 0.25) is 0 Å². The van der Waals surface area contributed by atoms with E-state index in [0.29, 0.717) is 26.4 Å². The number of ether oxygens (including phenoxy) is 3. The first-order valence-electron chi connectivity index (χ1n) is 17.1. The topological polar surface area (TPSA) is 55.4 Å². The maximum Gasteiger partial charge on any atom is 0.343 e. The second-order valence-corrected chi connectivity index (χ2v) is 22.6. The Morgan fingerprint density at radius 2 is 1.10 bits per heavy atom. The van der Waals surface area contributed by atoms with Crippen molar-refractivity contribution in [2.75, 3.05) is 13.7 Å². The first kappa shape index (κ1) is 39.8. The quantitative estimate of drug-likeness (QED) is 0.0773. The van der Waals surface area contributed by atoms with Crippen LogP contribution in [-0.4, -0.2) is 55.0 Å². The molecule has 0 N–H and O–H groups in total. The lowest BCUT2D eigenvalue weighted by atomic mass is 10.0. The molecule has 0 heterocycles. The van der Waals surface area contributed by atoms with Crippen molar-refractivity contribution >= 4 is 16.9 Å². The van der Waals surface area contributed by atoms with E-state index in [4.69, 9.17) is 27.5 Å². The van der Waals surface area contributed by atoms with Crippen LogP contribution < -0.4 is 0 Å². The summed E-state index contributed by atoms with van der Waals surface area (Å²) in [6.07, 6.45) is 3.63. The van der Waals surface area contributed by atoms with Crippen molar-refractivity contribution in [3.63, 3.8) is 0 Å². The monoisotopic (exact) mass is 690 g/mol. The molecular weight excluding hydrogens is 633 g/mol. The highest BCUT2D eigenvalue weighted by atomic mass is 28.4. The van der Waals surface area contributed by atoms with Crippen LogP contribution >= 0.6 is 0 Å². The maximum absolute atomic E-state index is 7.24. The van der Waals surface area contributed by atoms with Crippen LogP contribution in [0.5, 0.6) is 0 Å². The Kier molecular flexibility index (Phi) is 16.7. The Labute approximate surface area is 292 Å². The lowest BCUT2D eigenvalue weighted by molar-refractivity contribution is -0.164. The maximum atomic E-state index is 7.24. The molecule has 0 aliphatic heterocycles. The van der Waals surface area contributed by atoms with E-state index in [2.05, 4.69) is 90.3 Å². The lowest BCUT2D eigenvalue weighted by Gasteiger charge is -2.43. The van der Waals surface area contributed by atoms with Crippen molar-refractivity contribution in [3.05, 3.63) is 132 Å². The van der Waals surface area contributed by atoms with Crippen molar-refractivity contribution in [1.82, 2.24) is 0 Å². The smallest absolute Gasteiger partial charge is 0.343 e. The van der Waals surface area contributed by atoms with E-state index < -0.39 is 41.3 Å². The summed E-state index contributed by atoms with van der Waals surface area (Å²) in [7, 11) is -3.11. The third-order valence-corrected chi connectivity index (χ3v) is 13.7. The second-order valence-electron chi connectivity index (χ2n) is 13.7. The van der Waals surface area contributed by atoms with Gasteiger partial charge in [-0.1, -0.05) is 143 Å². The average molecular weight is 691 g/mol. The van der Waals surface area contributed by atoms with E-state index in [1.54, 1.807) is 13.2 Å². The molecule has 4 atom stereocenters. The van der Waals surface area contributed by atoms with Crippen LogP contribution in [0.3, 0.4) is 0 Å². The standard InChI is InChI=1S/C40H58O6Si2/c1-10-11-27-37(46-48(41-6,32(2)3)33(4)5)39(43-29-35-23-17-13-18-24-35)40(44-30-36-25-19-14-20-26-36)38(45-47(7,8)9)31-42-28-34-21-15-12-16-22-34/h10-27,32-33,37-40H,1,28-31H2,2-9H3/b27-11+/t37-,38-,39-,40-/m1/s1. The van der Waals surface area contributed by atoms with Crippen molar-refractivity contribution in [2.45, 2.75) is 103 Å². The van der Waals surface area contributed by atoms with Gasteiger partial charge in [-0.2, -0.15) is 0 Å². The van der Waals surface area contributed by atoms with Crippen LogP contribution in [0.15, 0.2) is 116 Å². The zero-order valence-electron chi connectivity index (χ0n) is 30.3. The molecule has 48 heavy (non-hydrogen) atoms. The zero-order valence-corrected chi connectivity index (χ0v) is 32.3. The molecule has 8 heteroatoms. The average Bonchev–Trinajstić information content (AvgIpc) is 3.07. The molecule has 0 fully saturated rings. The molecule has 0 radical (unpaired) electrons. The third kappa shape index (κ3) is 12.7. The van der Waals surface area contributed by atoms with E-state index in [-0.39, 0.29) is 11.1 Å². The summed E-state index contributed by atoms with van der Waals surface area (Å²) in [5, 5.41) is 0. The van der Waals surface area contributed by atoms with Crippen LogP contribution in [0, 0.1) is 0 Å². The molecule has 0 spiro atoms. The van der Waals surface area contributed by atoms with Gasteiger partial charge in [0.25, 0.3) is 0 Å². The molecule has 0 aromatic heterocycles. The number of allylic oxidation sites excluding steroid dienone is 2. The second kappa shape index (κ2) is 20.1. The fourth-order valence-electron chi connectivity index (χ4n) is 5.92. The van der Waals surface area contributed by atoms with Crippen molar-refractivity contribution in [2.24, 2.45) is 0 Å². The zero-order chi connectivity index (χ0) is 35.0. The van der Waals surface area contributed by atoms with Crippen LogP contribution in [0.1, 0.15) is 44.4 Å². The van der Waals surface area contributed by atoms with Gasteiger partial charge in [0, 0.05) is 7.11 Å². The highest BCUT2D eigenvalue weighted by Gasteiger charge is 2.49. The molecule has 0 unspecified atom stereocenters. The Balaban J connectivity index is 2.14. The molecular formula is C40H58O6Si2. The largest absolute Gasteiger partial charge is 0.410 e. The molecule has 0 saturated carbocycles. The van der Waals surface area contributed by atoms with E-state index in [1.807, 2.05) is 66.7 Å². The molecule has 3 aromatic carbocycles. The van der Waals surface area contributed by atoms with E-state index >= 15 is 0 Å². The Morgan fingerprint density at radius 1 is 0.646 bits per heavy atom. The summed E-state index contributed by atoms with van der Waals surface area (Å²) in [6.45, 7) is 20.8. The molecule has 3 aromatic rings. The molecule has 0 saturated heterocycles. The Bertz CT molecular complexity index is 1320. The normalized spacial score (nSPS) is 15.1. The number of hydrogen-bond acceptors (Lipinski definition) is 6. The molecule has 262 valence electrons. The van der Waals surface area contributed by atoms with Gasteiger partial charge in [-0.25, -0.2) is 0 Å².